The molecule has 7 nitrogen and oxygen atoms in total. The lowest BCUT2D eigenvalue weighted by molar-refractivity contribution is -0.385. The van der Waals surface area contributed by atoms with Gasteiger partial charge in [-0.1, -0.05) is 36.4 Å². The fraction of sp³-hybridized carbons (Fsp3) is 0.154. The first-order valence-corrected chi connectivity index (χ1v) is 10.6. The van der Waals surface area contributed by atoms with Crippen molar-refractivity contribution in [1.29, 1.82) is 0 Å². The maximum atomic E-state index is 13.3. The molecular formula is C26H23N3O4. The molecule has 0 aliphatic heterocycles. The maximum absolute atomic E-state index is 13.3. The normalized spacial score (nSPS) is 10.9. The van der Waals surface area contributed by atoms with Crippen LogP contribution in [-0.2, 0) is 0 Å². The van der Waals surface area contributed by atoms with Gasteiger partial charge >= 0.3 is 0 Å². The van der Waals surface area contributed by atoms with Crippen LogP contribution in [0.15, 0.2) is 72.8 Å². The van der Waals surface area contributed by atoms with Crippen molar-refractivity contribution >= 4 is 28.2 Å². The van der Waals surface area contributed by atoms with Crippen LogP contribution in [0.5, 0.6) is 5.75 Å². The molecule has 0 aliphatic carbocycles. The van der Waals surface area contributed by atoms with Crippen LogP contribution in [0.25, 0.3) is 22.2 Å². The van der Waals surface area contributed by atoms with E-state index in [-0.39, 0.29) is 17.7 Å². The van der Waals surface area contributed by atoms with Crippen LogP contribution >= 0.6 is 0 Å². The number of rotatable bonds is 6. The molecule has 4 rings (SSSR count). The summed E-state index contributed by atoms with van der Waals surface area (Å²) in [5.74, 6) is 0.351. The molecule has 0 aliphatic rings. The number of nitrogens with one attached hydrogen (secondary N) is 1. The van der Waals surface area contributed by atoms with E-state index in [0.717, 1.165) is 11.3 Å². The van der Waals surface area contributed by atoms with Crippen LogP contribution in [0.3, 0.4) is 0 Å². The summed E-state index contributed by atoms with van der Waals surface area (Å²) in [6.45, 7) is 5.53. The van der Waals surface area contributed by atoms with E-state index in [9.17, 15) is 14.9 Å². The molecule has 3 aromatic carbocycles. The number of carbonyl (C=O) groups excluding carboxylic acids is 1. The first-order valence-electron chi connectivity index (χ1n) is 10.6. The molecule has 7 heteroatoms. The number of aromatic nitrogens is 1. The number of nitro groups is 1. The minimum atomic E-state index is -0.461. The predicted molar refractivity (Wildman–Crippen MR) is 129 cm³/mol. The Morgan fingerprint density at radius 2 is 1.79 bits per heavy atom. The molecule has 0 bridgehead atoms. The van der Waals surface area contributed by atoms with E-state index in [4.69, 9.17) is 9.72 Å². The lowest BCUT2D eigenvalue weighted by Crippen LogP contribution is -2.14. The highest BCUT2D eigenvalue weighted by molar-refractivity contribution is 6.13. The Morgan fingerprint density at radius 1 is 1.03 bits per heavy atom. The number of hydrogen-bond acceptors (Lipinski definition) is 5. The second kappa shape index (κ2) is 9.08. The van der Waals surface area contributed by atoms with Crippen LogP contribution in [0.1, 0.15) is 29.8 Å². The van der Waals surface area contributed by atoms with E-state index >= 15 is 0 Å². The molecule has 0 saturated carbocycles. The summed E-state index contributed by atoms with van der Waals surface area (Å²) in [6.07, 6.45) is 0.0318. The monoisotopic (exact) mass is 441 g/mol. The highest BCUT2D eigenvalue weighted by atomic mass is 16.6. The van der Waals surface area contributed by atoms with Crippen LogP contribution in [-0.4, -0.2) is 21.9 Å². The van der Waals surface area contributed by atoms with E-state index in [0.29, 0.717) is 33.4 Å². The summed E-state index contributed by atoms with van der Waals surface area (Å²) in [4.78, 5) is 28.9. The summed E-state index contributed by atoms with van der Waals surface area (Å²) in [6, 6.07) is 21.3. The Kier molecular flexibility index (Phi) is 6.04. The van der Waals surface area contributed by atoms with Crippen molar-refractivity contribution in [1.82, 2.24) is 4.98 Å². The van der Waals surface area contributed by atoms with Gasteiger partial charge in [0.1, 0.15) is 5.75 Å². The lowest BCUT2D eigenvalue weighted by Gasteiger charge is -2.13. The Hall–Kier alpha value is -4.26. The van der Waals surface area contributed by atoms with Crippen molar-refractivity contribution in [3.63, 3.8) is 0 Å². The first-order chi connectivity index (χ1) is 15.8. The van der Waals surface area contributed by atoms with Crippen LogP contribution < -0.4 is 10.1 Å². The number of amides is 1. The minimum Gasteiger partial charge on any atom is -0.491 e. The molecule has 1 amide bonds. The number of anilines is 1. The lowest BCUT2D eigenvalue weighted by atomic mass is 10.0. The predicted octanol–water partition coefficient (Wildman–Crippen LogP) is 6.16. The van der Waals surface area contributed by atoms with E-state index < -0.39 is 4.92 Å². The fourth-order valence-electron chi connectivity index (χ4n) is 3.66. The number of benzene rings is 3. The molecule has 1 aromatic heterocycles. The van der Waals surface area contributed by atoms with Gasteiger partial charge in [-0.15, -0.1) is 0 Å². The molecule has 166 valence electrons. The number of carbonyl (C=O) groups is 1. The smallest absolute Gasteiger partial charge is 0.274 e. The van der Waals surface area contributed by atoms with Gasteiger partial charge in [0.2, 0.25) is 0 Å². The highest BCUT2D eigenvalue weighted by Gasteiger charge is 2.18. The molecular weight excluding hydrogens is 418 g/mol. The van der Waals surface area contributed by atoms with Gasteiger partial charge in [-0.2, -0.15) is 0 Å². The summed E-state index contributed by atoms with van der Waals surface area (Å²) in [5.41, 5.74) is 3.29. The largest absolute Gasteiger partial charge is 0.491 e. The summed E-state index contributed by atoms with van der Waals surface area (Å²) in [7, 11) is 0. The average Bonchev–Trinajstić information content (AvgIpc) is 2.79. The Morgan fingerprint density at radius 3 is 2.55 bits per heavy atom. The molecule has 0 spiro atoms. The van der Waals surface area contributed by atoms with Gasteiger partial charge in [0.25, 0.3) is 11.6 Å². The summed E-state index contributed by atoms with van der Waals surface area (Å²) >= 11 is 0. The van der Waals surface area contributed by atoms with Crippen molar-refractivity contribution in [2.75, 3.05) is 5.32 Å². The van der Waals surface area contributed by atoms with Crippen molar-refractivity contribution in [3.8, 4) is 17.0 Å². The van der Waals surface area contributed by atoms with Gasteiger partial charge < -0.3 is 10.1 Å². The van der Waals surface area contributed by atoms with Crippen molar-refractivity contribution in [2.45, 2.75) is 26.9 Å². The zero-order valence-electron chi connectivity index (χ0n) is 18.5. The highest BCUT2D eigenvalue weighted by Crippen LogP contribution is 2.30. The fourth-order valence-corrected chi connectivity index (χ4v) is 3.66. The zero-order valence-corrected chi connectivity index (χ0v) is 18.5. The number of nitro benzene ring substituents is 1. The molecule has 0 atom stereocenters. The second-order valence-electron chi connectivity index (χ2n) is 7.93. The van der Waals surface area contributed by atoms with Crippen LogP contribution in [0.2, 0.25) is 0 Å². The van der Waals surface area contributed by atoms with Gasteiger partial charge in [0, 0.05) is 17.0 Å². The van der Waals surface area contributed by atoms with Gasteiger partial charge in [0.05, 0.1) is 39.1 Å². The van der Waals surface area contributed by atoms with Gasteiger partial charge in [-0.05, 0) is 51.1 Å². The third kappa shape index (κ3) is 4.67. The molecule has 0 fully saturated rings. The van der Waals surface area contributed by atoms with Crippen LogP contribution in [0, 0.1) is 17.0 Å². The van der Waals surface area contributed by atoms with E-state index in [1.165, 1.54) is 6.07 Å². The molecule has 0 radical (unpaired) electrons. The topological polar surface area (TPSA) is 94.4 Å². The minimum absolute atomic E-state index is 0.0318. The molecule has 1 N–H and O–H groups in total. The standard InChI is InChI=1S/C26H23N3O4/c1-16(2)33-19-9-6-8-18(14-19)24-15-21(20-10-4-5-11-23(20)27-24)26(30)28-22-12-7-13-25(17(22)3)29(31)32/h4-16H,1-3H3,(H,28,30). The average molecular weight is 441 g/mol. The van der Waals surface area contributed by atoms with Crippen molar-refractivity contribution in [2.24, 2.45) is 0 Å². The van der Waals surface area contributed by atoms with Crippen LogP contribution in [0.4, 0.5) is 11.4 Å². The molecule has 0 saturated heterocycles. The summed E-state index contributed by atoms with van der Waals surface area (Å²) in [5, 5.41) is 14.8. The van der Waals surface area contributed by atoms with Crippen molar-refractivity contribution in [3.05, 3.63) is 94.0 Å². The number of nitrogens with zero attached hydrogens (tertiary/aromatic N) is 2. The molecule has 4 aromatic rings. The molecule has 33 heavy (non-hydrogen) atoms. The third-order valence-electron chi connectivity index (χ3n) is 5.21. The number of para-hydroxylation sites is 1. The van der Waals surface area contributed by atoms with E-state index in [1.54, 1.807) is 25.1 Å². The molecule has 1 heterocycles. The Labute approximate surface area is 191 Å². The first kappa shape index (κ1) is 22.0. The molecule has 0 unspecified atom stereocenters. The number of fused-ring (bicyclic) bond motifs is 1. The van der Waals surface area contributed by atoms with E-state index in [2.05, 4.69) is 5.32 Å². The SMILES string of the molecule is Cc1c(NC(=O)c2cc(-c3cccc(OC(C)C)c3)nc3ccccc23)cccc1[N+](=O)[O-]. The number of pyridine rings is 1. The number of hydrogen-bond donors (Lipinski definition) is 1. The Balaban J connectivity index is 1.78. The summed E-state index contributed by atoms with van der Waals surface area (Å²) < 4.78 is 5.80. The Bertz CT molecular complexity index is 1370. The maximum Gasteiger partial charge on any atom is 0.274 e. The quantitative estimate of drug-likeness (QED) is 0.286. The number of ether oxygens (including phenoxy) is 1. The third-order valence-corrected chi connectivity index (χ3v) is 5.21. The van der Waals surface area contributed by atoms with E-state index in [1.807, 2.05) is 62.4 Å². The van der Waals surface area contributed by atoms with Gasteiger partial charge in [0.15, 0.2) is 0 Å². The van der Waals surface area contributed by atoms with Gasteiger partial charge in [-0.25, -0.2) is 4.98 Å². The van der Waals surface area contributed by atoms with Gasteiger partial charge in [-0.3, -0.25) is 14.9 Å². The van der Waals surface area contributed by atoms with Crippen molar-refractivity contribution < 1.29 is 14.5 Å². The zero-order chi connectivity index (χ0) is 23.5. The second-order valence-corrected chi connectivity index (χ2v) is 7.93.